The third-order valence-corrected chi connectivity index (χ3v) is 3.26. The first kappa shape index (κ1) is 15.6. The predicted molar refractivity (Wildman–Crippen MR) is 60.6 cm³/mol. The van der Waals surface area contributed by atoms with E-state index < -0.39 is 37.1 Å². The molecule has 0 radical (unpaired) electrons. The summed E-state index contributed by atoms with van der Waals surface area (Å²) in [5, 5.41) is 8.93. The number of likely N-dealkylation sites (tertiary alicyclic amines) is 1. The van der Waals surface area contributed by atoms with Gasteiger partial charge in [0.2, 0.25) is 0 Å². The van der Waals surface area contributed by atoms with Crippen molar-refractivity contribution < 1.29 is 27.9 Å². The number of halogens is 3. The van der Waals surface area contributed by atoms with Crippen molar-refractivity contribution in [2.24, 2.45) is 11.8 Å². The topological polar surface area (TPSA) is 60.9 Å². The smallest absolute Gasteiger partial charge is 0.390 e. The van der Waals surface area contributed by atoms with Crippen molar-refractivity contribution in [1.82, 2.24) is 9.80 Å². The molecule has 110 valence electrons. The zero-order chi connectivity index (χ0) is 14.8. The minimum atomic E-state index is -4.31. The Hall–Kier alpha value is -1.47. The van der Waals surface area contributed by atoms with Crippen molar-refractivity contribution in [3.05, 3.63) is 0 Å². The molecule has 0 saturated carbocycles. The van der Waals surface area contributed by atoms with Crippen molar-refractivity contribution in [3.8, 4) is 0 Å². The molecule has 1 aliphatic heterocycles. The molecule has 5 nitrogen and oxygen atoms in total. The lowest BCUT2D eigenvalue weighted by Gasteiger charge is -2.25. The average Bonchev–Trinajstić information content (AvgIpc) is 2.66. The number of amides is 2. The second kappa shape index (κ2) is 5.66. The summed E-state index contributed by atoms with van der Waals surface area (Å²) in [4.78, 5) is 25.0. The number of hydrogen-bond acceptors (Lipinski definition) is 2. The van der Waals surface area contributed by atoms with E-state index in [-0.39, 0.29) is 19.0 Å². The van der Waals surface area contributed by atoms with Crippen LogP contribution in [0.15, 0.2) is 0 Å². The molecule has 0 aliphatic carbocycles. The quantitative estimate of drug-likeness (QED) is 0.856. The fourth-order valence-corrected chi connectivity index (χ4v) is 2.08. The van der Waals surface area contributed by atoms with Gasteiger partial charge in [-0.2, -0.15) is 13.2 Å². The molecule has 0 bridgehead atoms. The maximum absolute atomic E-state index is 12.1. The van der Waals surface area contributed by atoms with E-state index >= 15 is 0 Å². The molecule has 2 unspecified atom stereocenters. The van der Waals surface area contributed by atoms with E-state index in [1.54, 1.807) is 6.92 Å². The molecule has 2 amide bonds. The highest BCUT2D eigenvalue weighted by Crippen LogP contribution is 2.25. The van der Waals surface area contributed by atoms with Gasteiger partial charge in [0.05, 0.1) is 12.3 Å². The average molecular weight is 282 g/mol. The first-order valence-electron chi connectivity index (χ1n) is 5.91. The van der Waals surface area contributed by atoms with Gasteiger partial charge < -0.3 is 14.9 Å². The lowest BCUT2D eigenvalue weighted by molar-refractivity contribution is -0.142. The maximum Gasteiger partial charge on any atom is 0.390 e. The number of urea groups is 1. The summed E-state index contributed by atoms with van der Waals surface area (Å²) in [7, 11) is 1.28. The number of carbonyl (C=O) groups excluding carboxylic acids is 1. The SMILES string of the molecule is CC1CN(C(=O)N(C)CCC(F)(F)F)CC1C(=O)O. The molecular formula is C11H17F3N2O3. The van der Waals surface area contributed by atoms with E-state index in [2.05, 4.69) is 0 Å². The van der Waals surface area contributed by atoms with Crippen molar-refractivity contribution in [2.45, 2.75) is 19.5 Å². The van der Waals surface area contributed by atoms with Gasteiger partial charge >= 0.3 is 18.2 Å². The van der Waals surface area contributed by atoms with Crippen LogP contribution in [0.1, 0.15) is 13.3 Å². The highest BCUT2D eigenvalue weighted by molar-refractivity contribution is 5.77. The van der Waals surface area contributed by atoms with Gasteiger partial charge in [-0.05, 0) is 5.92 Å². The van der Waals surface area contributed by atoms with Crippen LogP contribution < -0.4 is 0 Å². The Balaban J connectivity index is 2.52. The molecule has 0 aromatic rings. The van der Waals surface area contributed by atoms with Crippen molar-refractivity contribution in [2.75, 3.05) is 26.7 Å². The number of alkyl halides is 3. The van der Waals surface area contributed by atoms with Crippen LogP contribution in [0.5, 0.6) is 0 Å². The molecule has 19 heavy (non-hydrogen) atoms. The number of nitrogens with zero attached hydrogens (tertiary/aromatic N) is 2. The minimum Gasteiger partial charge on any atom is -0.481 e. The van der Waals surface area contributed by atoms with E-state index in [1.807, 2.05) is 0 Å². The highest BCUT2D eigenvalue weighted by atomic mass is 19.4. The zero-order valence-corrected chi connectivity index (χ0v) is 10.8. The third-order valence-electron chi connectivity index (χ3n) is 3.26. The van der Waals surface area contributed by atoms with Gasteiger partial charge in [0, 0.05) is 26.7 Å². The lowest BCUT2D eigenvalue weighted by Crippen LogP contribution is -2.41. The molecule has 1 N–H and O–H groups in total. The monoisotopic (exact) mass is 282 g/mol. The van der Waals surface area contributed by atoms with Crippen molar-refractivity contribution in [1.29, 1.82) is 0 Å². The summed E-state index contributed by atoms with van der Waals surface area (Å²) < 4.78 is 36.2. The number of carbonyl (C=O) groups is 2. The number of rotatable bonds is 3. The van der Waals surface area contributed by atoms with E-state index in [4.69, 9.17) is 5.11 Å². The number of carboxylic acids is 1. The Morgan fingerprint density at radius 1 is 1.37 bits per heavy atom. The third kappa shape index (κ3) is 4.29. The Morgan fingerprint density at radius 3 is 2.37 bits per heavy atom. The molecule has 1 fully saturated rings. The molecule has 2 atom stereocenters. The molecule has 0 spiro atoms. The molecule has 1 rings (SSSR count). The van der Waals surface area contributed by atoms with Crippen LogP contribution >= 0.6 is 0 Å². The van der Waals surface area contributed by atoms with E-state index in [0.717, 1.165) is 4.90 Å². The van der Waals surface area contributed by atoms with Crippen LogP contribution in [0.3, 0.4) is 0 Å². The standard InChI is InChI=1S/C11H17F3N2O3/c1-7-5-16(6-8(7)9(17)18)10(19)15(2)4-3-11(12,13)14/h7-8H,3-6H2,1-2H3,(H,17,18). The fraction of sp³-hybridized carbons (Fsp3) is 0.818. The van der Waals surface area contributed by atoms with E-state index in [1.165, 1.54) is 11.9 Å². The van der Waals surface area contributed by atoms with Gasteiger partial charge in [-0.15, -0.1) is 0 Å². The van der Waals surface area contributed by atoms with Crippen LogP contribution in [-0.4, -0.2) is 59.8 Å². The summed E-state index contributed by atoms with van der Waals surface area (Å²) >= 11 is 0. The first-order chi connectivity index (χ1) is 8.61. The first-order valence-corrected chi connectivity index (χ1v) is 5.91. The summed E-state index contributed by atoms with van der Waals surface area (Å²) in [6, 6.07) is -0.556. The van der Waals surface area contributed by atoms with Crippen LogP contribution in [0.25, 0.3) is 0 Å². The second-order valence-electron chi connectivity index (χ2n) is 4.90. The van der Waals surface area contributed by atoms with Gasteiger partial charge in [0.15, 0.2) is 0 Å². The molecule has 1 saturated heterocycles. The molecule has 0 aromatic heterocycles. The zero-order valence-electron chi connectivity index (χ0n) is 10.8. The summed E-state index contributed by atoms with van der Waals surface area (Å²) in [6.07, 6.45) is -5.38. The predicted octanol–water partition coefficient (Wildman–Crippen LogP) is 1.64. The van der Waals surface area contributed by atoms with E-state index in [9.17, 15) is 22.8 Å². The minimum absolute atomic E-state index is 0.0473. The molecule has 8 heteroatoms. The Kier molecular flexibility index (Phi) is 4.65. The van der Waals surface area contributed by atoms with Gasteiger partial charge in [0.25, 0.3) is 0 Å². The van der Waals surface area contributed by atoms with Gasteiger partial charge in [-0.25, -0.2) is 4.79 Å². The van der Waals surface area contributed by atoms with Gasteiger partial charge in [-0.3, -0.25) is 4.79 Å². The van der Waals surface area contributed by atoms with E-state index in [0.29, 0.717) is 0 Å². The van der Waals surface area contributed by atoms with Crippen LogP contribution in [-0.2, 0) is 4.79 Å². The largest absolute Gasteiger partial charge is 0.481 e. The fourth-order valence-electron chi connectivity index (χ4n) is 2.08. The van der Waals surface area contributed by atoms with Gasteiger partial charge in [-0.1, -0.05) is 6.92 Å². The Labute approximate surface area is 109 Å². The lowest BCUT2D eigenvalue weighted by atomic mass is 9.99. The van der Waals surface area contributed by atoms with Crippen molar-refractivity contribution in [3.63, 3.8) is 0 Å². The number of hydrogen-bond donors (Lipinski definition) is 1. The molecule has 1 heterocycles. The van der Waals surface area contributed by atoms with Crippen LogP contribution in [0.2, 0.25) is 0 Å². The molecule has 1 aliphatic rings. The van der Waals surface area contributed by atoms with Gasteiger partial charge in [0.1, 0.15) is 0 Å². The molecular weight excluding hydrogens is 265 g/mol. The molecule has 0 aromatic carbocycles. The Morgan fingerprint density at radius 2 is 1.95 bits per heavy atom. The summed E-state index contributed by atoms with van der Waals surface area (Å²) in [5.74, 6) is -1.84. The van der Waals surface area contributed by atoms with Crippen molar-refractivity contribution >= 4 is 12.0 Å². The highest BCUT2D eigenvalue weighted by Gasteiger charge is 2.38. The number of carboxylic acid groups (broad SMARTS) is 1. The summed E-state index contributed by atoms with van der Waals surface area (Å²) in [6.45, 7) is 1.59. The Bertz CT molecular complexity index is 360. The maximum atomic E-state index is 12.1. The van der Waals surface area contributed by atoms with Crippen LogP contribution in [0, 0.1) is 11.8 Å². The normalized spacial score (nSPS) is 23.5. The summed E-state index contributed by atoms with van der Waals surface area (Å²) in [5.41, 5.74) is 0. The van der Waals surface area contributed by atoms with Crippen LogP contribution in [0.4, 0.5) is 18.0 Å². The second-order valence-corrected chi connectivity index (χ2v) is 4.90. The number of aliphatic carboxylic acids is 1.